The standard InChI is InChI=1S/C10H17N3OS2/c1-2-3-6-15-10-9(12-16-13-10)14-8-4-5-11-7-8/h8,11H,2-7H2,1H3. The molecule has 6 heteroatoms. The van der Waals surface area contributed by atoms with Crippen LogP contribution in [0, 0.1) is 0 Å². The van der Waals surface area contributed by atoms with Crippen molar-refractivity contribution in [1.82, 2.24) is 14.1 Å². The third kappa shape index (κ3) is 3.33. The van der Waals surface area contributed by atoms with Crippen LogP contribution in [0.25, 0.3) is 0 Å². The van der Waals surface area contributed by atoms with Crippen molar-refractivity contribution in [1.29, 1.82) is 0 Å². The van der Waals surface area contributed by atoms with Crippen molar-refractivity contribution in [2.75, 3.05) is 18.8 Å². The average molecular weight is 259 g/mol. The van der Waals surface area contributed by atoms with Crippen LogP contribution in [0.2, 0.25) is 0 Å². The fraction of sp³-hybridized carbons (Fsp3) is 0.800. The van der Waals surface area contributed by atoms with E-state index in [0.29, 0.717) is 0 Å². The molecular formula is C10H17N3OS2. The molecule has 4 nitrogen and oxygen atoms in total. The van der Waals surface area contributed by atoms with Crippen molar-refractivity contribution >= 4 is 23.5 Å². The molecule has 1 aromatic heterocycles. The summed E-state index contributed by atoms with van der Waals surface area (Å²) in [5.41, 5.74) is 0. The van der Waals surface area contributed by atoms with Gasteiger partial charge in [0.05, 0.1) is 11.7 Å². The maximum Gasteiger partial charge on any atom is 0.260 e. The number of hydrogen-bond acceptors (Lipinski definition) is 6. The number of hydrogen-bond donors (Lipinski definition) is 1. The zero-order valence-corrected chi connectivity index (χ0v) is 11.1. The molecule has 2 rings (SSSR count). The molecule has 1 saturated heterocycles. The predicted octanol–water partition coefficient (Wildman–Crippen LogP) is 2.17. The van der Waals surface area contributed by atoms with Crippen LogP contribution < -0.4 is 10.1 Å². The van der Waals surface area contributed by atoms with Gasteiger partial charge in [-0.1, -0.05) is 25.1 Å². The normalized spacial score (nSPS) is 20.2. The molecule has 1 aliphatic heterocycles. The van der Waals surface area contributed by atoms with Gasteiger partial charge >= 0.3 is 0 Å². The lowest BCUT2D eigenvalue weighted by molar-refractivity contribution is 0.210. The quantitative estimate of drug-likeness (QED) is 0.626. The van der Waals surface area contributed by atoms with E-state index in [2.05, 4.69) is 21.0 Å². The summed E-state index contributed by atoms with van der Waals surface area (Å²) in [6.45, 7) is 4.17. The molecule has 0 saturated carbocycles. The Hall–Kier alpha value is -0.330. The second-order valence-electron chi connectivity index (χ2n) is 3.81. The molecule has 0 aromatic carbocycles. The van der Waals surface area contributed by atoms with Crippen LogP contribution in [0.5, 0.6) is 5.88 Å². The first-order valence-electron chi connectivity index (χ1n) is 5.73. The summed E-state index contributed by atoms with van der Waals surface area (Å²) in [5.74, 6) is 1.83. The molecule has 0 aliphatic carbocycles. The maximum absolute atomic E-state index is 5.83. The summed E-state index contributed by atoms with van der Waals surface area (Å²) in [6, 6.07) is 0. The van der Waals surface area contributed by atoms with Crippen molar-refractivity contribution in [3.05, 3.63) is 0 Å². The molecule has 16 heavy (non-hydrogen) atoms. The van der Waals surface area contributed by atoms with Gasteiger partial charge in [0.2, 0.25) is 0 Å². The van der Waals surface area contributed by atoms with Crippen molar-refractivity contribution in [3.8, 4) is 5.88 Å². The van der Waals surface area contributed by atoms with Crippen LogP contribution in [0.4, 0.5) is 0 Å². The molecule has 0 radical (unpaired) electrons. The van der Waals surface area contributed by atoms with Gasteiger partial charge in [-0.3, -0.25) is 0 Å². The molecular weight excluding hydrogens is 242 g/mol. The maximum atomic E-state index is 5.83. The smallest absolute Gasteiger partial charge is 0.260 e. The zero-order valence-electron chi connectivity index (χ0n) is 9.44. The third-order valence-electron chi connectivity index (χ3n) is 2.46. The van der Waals surface area contributed by atoms with Crippen molar-refractivity contribution in [2.24, 2.45) is 0 Å². The molecule has 0 spiro atoms. The fourth-order valence-electron chi connectivity index (χ4n) is 1.53. The van der Waals surface area contributed by atoms with Gasteiger partial charge in [0.1, 0.15) is 6.10 Å². The lowest BCUT2D eigenvalue weighted by Crippen LogP contribution is -2.19. The predicted molar refractivity (Wildman–Crippen MR) is 67.4 cm³/mol. The van der Waals surface area contributed by atoms with Crippen molar-refractivity contribution in [3.63, 3.8) is 0 Å². The minimum atomic E-state index is 0.273. The number of thioether (sulfide) groups is 1. The van der Waals surface area contributed by atoms with E-state index in [4.69, 9.17) is 4.74 Å². The van der Waals surface area contributed by atoms with E-state index in [0.717, 1.165) is 36.2 Å². The summed E-state index contributed by atoms with van der Waals surface area (Å²) in [7, 11) is 0. The Morgan fingerprint density at radius 3 is 3.25 bits per heavy atom. The van der Waals surface area contributed by atoms with E-state index < -0.39 is 0 Å². The van der Waals surface area contributed by atoms with E-state index in [9.17, 15) is 0 Å². The van der Waals surface area contributed by atoms with Crippen LogP contribution in [0.3, 0.4) is 0 Å². The number of nitrogens with one attached hydrogen (secondary N) is 1. The largest absolute Gasteiger partial charge is 0.470 e. The average Bonchev–Trinajstić information content (AvgIpc) is 2.92. The van der Waals surface area contributed by atoms with Crippen LogP contribution in [-0.4, -0.2) is 33.7 Å². The zero-order chi connectivity index (χ0) is 11.2. The molecule has 0 bridgehead atoms. The van der Waals surface area contributed by atoms with Gasteiger partial charge in [-0.25, -0.2) is 0 Å². The van der Waals surface area contributed by atoms with Gasteiger partial charge in [-0.15, -0.1) is 4.37 Å². The number of unbranched alkanes of at least 4 members (excludes halogenated alkanes) is 1. The Balaban J connectivity index is 1.85. The molecule has 1 atom stereocenters. The highest BCUT2D eigenvalue weighted by atomic mass is 32.2. The second-order valence-corrected chi connectivity index (χ2v) is 5.42. The lowest BCUT2D eigenvalue weighted by atomic mass is 10.3. The topological polar surface area (TPSA) is 47.0 Å². The number of rotatable bonds is 6. The van der Waals surface area contributed by atoms with Crippen LogP contribution >= 0.6 is 23.5 Å². The molecule has 1 aliphatic rings. The van der Waals surface area contributed by atoms with Crippen molar-refractivity contribution < 1.29 is 4.74 Å². The van der Waals surface area contributed by atoms with Gasteiger partial charge in [-0.05, 0) is 25.1 Å². The Morgan fingerprint density at radius 1 is 1.56 bits per heavy atom. The van der Waals surface area contributed by atoms with Gasteiger partial charge in [0.25, 0.3) is 5.88 Å². The highest BCUT2D eigenvalue weighted by Gasteiger charge is 2.19. The first-order chi connectivity index (χ1) is 7.90. The SMILES string of the molecule is CCCCSc1nsnc1OC1CCNC1. The van der Waals surface area contributed by atoms with E-state index in [-0.39, 0.29) is 6.10 Å². The summed E-state index contributed by atoms with van der Waals surface area (Å²) >= 11 is 2.99. The van der Waals surface area contributed by atoms with E-state index >= 15 is 0 Å². The second kappa shape index (κ2) is 6.42. The molecule has 1 N–H and O–H groups in total. The first kappa shape index (κ1) is 12.1. The van der Waals surface area contributed by atoms with Crippen LogP contribution in [-0.2, 0) is 0 Å². The molecule has 2 heterocycles. The molecule has 0 amide bonds. The molecule has 1 aromatic rings. The fourth-order valence-corrected chi connectivity index (χ4v) is 3.14. The minimum Gasteiger partial charge on any atom is -0.470 e. The highest BCUT2D eigenvalue weighted by molar-refractivity contribution is 7.99. The van der Waals surface area contributed by atoms with Crippen LogP contribution in [0.1, 0.15) is 26.2 Å². The molecule has 90 valence electrons. The minimum absolute atomic E-state index is 0.273. The van der Waals surface area contributed by atoms with E-state index in [1.54, 1.807) is 11.8 Å². The summed E-state index contributed by atoms with van der Waals surface area (Å²) in [5, 5.41) is 4.24. The van der Waals surface area contributed by atoms with E-state index in [1.165, 1.54) is 24.6 Å². The Morgan fingerprint density at radius 2 is 2.50 bits per heavy atom. The van der Waals surface area contributed by atoms with Crippen LogP contribution in [0.15, 0.2) is 5.03 Å². The van der Waals surface area contributed by atoms with Gasteiger partial charge in [-0.2, -0.15) is 4.37 Å². The summed E-state index contributed by atoms with van der Waals surface area (Å²) in [6.07, 6.45) is 3.77. The lowest BCUT2D eigenvalue weighted by Gasteiger charge is -2.10. The summed E-state index contributed by atoms with van der Waals surface area (Å²) in [4.78, 5) is 0. The molecule has 1 unspecified atom stereocenters. The van der Waals surface area contributed by atoms with E-state index in [1.807, 2.05) is 0 Å². The monoisotopic (exact) mass is 259 g/mol. The third-order valence-corrected chi connectivity index (χ3v) is 4.12. The van der Waals surface area contributed by atoms with Gasteiger partial charge < -0.3 is 10.1 Å². The summed E-state index contributed by atoms with van der Waals surface area (Å²) < 4.78 is 14.3. The van der Waals surface area contributed by atoms with Gasteiger partial charge in [0, 0.05) is 6.54 Å². The molecule has 1 fully saturated rings. The van der Waals surface area contributed by atoms with Crippen molar-refractivity contribution in [2.45, 2.75) is 37.3 Å². The Labute approximate surface area is 104 Å². The number of aromatic nitrogens is 2. The number of ether oxygens (including phenoxy) is 1. The Bertz CT molecular complexity index is 313. The number of nitrogens with zero attached hydrogens (tertiary/aromatic N) is 2. The van der Waals surface area contributed by atoms with Gasteiger partial charge in [0.15, 0.2) is 5.03 Å². The highest BCUT2D eigenvalue weighted by Crippen LogP contribution is 2.28. The Kier molecular flexibility index (Phi) is 4.87. The first-order valence-corrected chi connectivity index (χ1v) is 7.44.